The molecule has 0 aliphatic rings. The molecule has 2 aromatic heterocycles. The summed E-state index contributed by atoms with van der Waals surface area (Å²) < 4.78 is 37.9. The van der Waals surface area contributed by atoms with Crippen molar-refractivity contribution in [2.24, 2.45) is 0 Å². The van der Waals surface area contributed by atoms with Gasteiger partial charge in [0.1, 0.15) is 11.5 Å². The molecule has 0 aliphatic heterocycles. The Morgan fingerprint density at radius 3 is 2.48 bits per heavy atom. The molecular weight excluding hydrogens is 452 g/mol. The summed E-state index contributed by atoms with van der Waals surface area (Å²) in [5.74, 6) is 0.984. The fraction of sp³-hybridized carbons (Fsp3) is 0.136. The van der Waals surface area contributed by atoms with Gasteiger partial charge < -0.3 is 14.8 Å². The molecule has 0 fully saturated rings. The minimum Gasteiger partial charge on any atom is -0.496 e. The standard InChI is InChI=1S/C22H19F2N5O3S/c1-31-18-7-3-2-6-17(18)20-26-27-22(29(20)28-12-4-5-13-28)33-14-19(30)25-15-8-10-16(11-9-15)32-21(23)24/h2-13,21H,14H2,1H3,(H,25,30). The van der Waals surface area contributed by atoms with Crippen LogP contribution in [0.1, 0.15) is 0 Å². The van der Waals surface area contributed by atoms with Crippen LogP contribution >= 0.6 is 11.8 Å². The number of hydrogen-bond acceptors (Lipinski definition) is 6. The van der Waals surface area contributed by atoms with Gasteiger partial charge in [-0.05, 0) is 48.5 Å². The topological polar surface area (TPSA) is 83.2 Å². The number of para-hydroxylation sites is 1. The average molecular weight is 471 g/mol. The van der Waals surface area contributed by atoms with Crippen LogP contribution in [-0.2, 0) is 4.79 Å². The number of rotatable bonds is 9. The first-order valence-electron chi connectivity index (χ1n) is 9.75. The van der Waals surface area contributed by atoms with Crippen LogP contribution in [0.15, 0.2) is 78.2 Å². The van der Waals surface area contributed by atoms with Gasteiger partial charge in [-0.3, -0.25) is 9.47 Å². The first-order chi connectivity index (χ1) is 16.0. The third-order valence-electron chi connectivity index (χ3n) is 4.48. The Labute approximate surface area is 192 Å². The van der Waals surface area contributed by atoms with Gasteiger partial charge in [-0.25, -0.2) is 4.68 Å². The Morgan fingerprint density at radius 1 is 1.06 bits per heavy atom. The van der Waals surface area contributed by atoms with Gasteiger partial charge in [-0.15, -0.1) is 10.2 Å². The molecular formula is C22H19F2N5O3S. The van der Waals surface area contributed by atoms with Gasteiger partial charge in [-0.2, -0.15) is 8.78 Å². The van der Waals surface area contributed by atoms with Gasteiger partial charge >= 0.3 is 6.61 Å². The van der Waals surface area contributed by atoms with E-state index in [9.17, 15) is 13.6 Å². The maximum atomic E-state index is 12.5. The highest BCUT2D eigenvalue weighted by atomic mass is 32.2. The van der Waals surface area contributed by atoms with E-state index in [0.29, 0.717) is 22.4 Å². The van der Waals surface area contributed by atoms with Crippen LogP contribution < -0.4 is 14.8 Å². The number of aromatic nitrogens is 4. The molecule has 4 aromatic rings. The van der Waals surface area contributed by atoms with E-state index in [1.54, 1.807) is 11.8 Å². The van der Waals surface area contributed by atoms with E-state index in [-0.39, 0.29) is 17.4 Å². The molecule has 0 saturated carbocycles. The summed E-state index contributed by atoms with van der Waals surface area (Å²) in [6.45, 7) is -2.90. The summed E-state index contributed by atoms with van der Waals surface area (Å²) in [6.07, 6.45) is 3.69. The van der Waals surface area contributed by atoms with Crippen molar-refractivity contribution >= 4 is 23.4 Å². The molecule has 0 atom stereocenters. The van der Waals surface area contributed by atoms with Crippen molar-refractivity contribution in [3.63, 3.8) is 0 Å². The summed E-state index contributed by atoms with van der Waals surface area (Å²) in [6, 6.07) is 16.9. The number of nitrogens with zero attached hydrogens (tertiary/aromatic N) is 4. The van der Waals surface area contributed by atoms with Crippen molar-refractivity contribution in [2.75, 3.05) is 18.2 Å². The van der Waals surface area contributed by atoms with Crippen molar-refractivity contribution in [1.82, 2.24) is 19.5 Å². The molecule has 1 N–H and O–H groups in total. The smallest absolute Gasteiger partial charge is 0.387 e. The number of ether oxygens (including phenoxy) is 2. The Balaban J connectivity index is 1.50. The number of thioether (sulfide) groups is 1. The molecule has 0 bridgehead atoms. The maximum Gasteiger partial charge on any atom is 0.387 e. The highest BCUT2D eigenvalue weighted by Crippen LogP contribution is 2.31. The molecule has 0 saturated heterocycles. The SMILES string of the molecule is COc1ccccc1-c1nnc(SCC(=O)Nc2ccc(OC(F)F)cc2)n1-n1cccc1. The predicted molar refractivity (Wildman–Crippen MR) is 120 cm³/mol. The van der Waals surface area contributed by atoms with E-state index < -0.39 is 6.61 Å². The highest BCUT2D eigenvalue weighted by molar-refractivity contribution is 7.99. The molecule has 2 aromatic carbocycles. The molecule has 0 radical (unpaired) electrons. The normalized spacial score (nSPS) is 10.9. The van der Waals surface area contributed by atoms with E-state index in [1.165, 1.54) is 36.0 Å². The fourth-order valence-electron chi connectivity index (χ4n) is 3.07. The van der Waals surface area contributed by atoms with Crippen LogP contribution in [0.2, 0.25) is 0 Å². The molecule has 170 valence electrons. The fourth-order valence-corrected chi connectivity index (χ4v) is 3.80. The molecule has 33 heavy (non-hydrogen) atoms. The van der Waals surface area contributed by atoms with Crippen molar-refractivity contribution in [3.8, 4) is 22.9 Å². The Bertz CT molecular complexity index is 1210. The minimum absolute atomic E-state index is 0.0149. The van der Waals surface area contributed by atoms with Crippen LogP contribution in [0.3, 0.4) is 0 Å². The number of benzene rings is 2. The molecule has 1 amide bonds. The van der Waals surface area contributed by atoms with E-state index >= 15 is 0 Å². The Kier molecular flexibility index (Phi) is 6.89. The molecule has 11 heteroatoms. The third kappa shape index (κ3) is 5.32. The lowest BCUT2D eigenvalue weighted by Crippen LogP contribution is -2.16. The van der Waals surface area contributed by atoms with Crippen molar-refractivity contribution in [1.29, 1.82) is 0 Å². The lowest BCUT2D eigenvalue weighted by molar-refractivity contribution is -0.113. The zero-order valence-corrected chi connectivity index (χ0v) is 18.2. The minimum atomic E-state index is -2.90. The van der Waals surface area contributed by atoms with Crippen LogP contribution in [0.25, 0.3) is 11.4 Å². The number of halogens is 2. The first-order valence-corrected chi connectivity index (χ1v) is 10.7. The van der Waals surface area contributed by atoms with Gasteiger partial charge in [0.05, 0.1) is 18.4 Å². The molecule has 2 heterocycles. The lowest BCUT2D eigenvalue weighted by Gasteiger charge is -2.13. The molecule has 4 rings (SSSR count). The van der Waals surface area contributed by atoms with Gasteiger partial charge in [0.15, 0.2) is 5.82 Å². The third-order valence-corrected chi connectivity index (χ3v) is 5.39. The summed E-state index contributed by atoms with van der Waals surface area (Å²) in [7, 11) is 1.58. The number of amides is 1. The van der Waals surface area contributed by atoms with Crippen LogP contribution in [0, 0.1) is 0 Å². The summed E-state index contributed by atoms with van der Waals surface area (Å²) in [5, 5.41) is 11.8. The van der Waals surface area contributed by atoms with E-state index in [0.717, 1.165) is 5.56 Å². The van der Waals surface area contributed by atoms with Crippen LogP contribution in [0.4, 0.5) is 14.5 Å². The number of hydrogen-bond donors (Lipinski definition) is 1. The number of nitrogens with one attached hydrogen (secondary N) is 1. The van der Waals surface area contributed by atoms with Crippen molar-refractivity contribution in [2.45, 2.75) is 11.8 Å². The van der Waals surface area contributed by atoms with E-state index in [1.807, 2.05) is 53.5 Å². The largest absolute Gasteiger partial charge is 0.496 e. The second-order valence-corrected chi connectivity index (χ2v) is 7.56. The number of alkyl halides is 2. The molecule has 0 spiro atoms. The molecule has 0 unspecified atom stereocenters. The number of methoxy groups -OCH3 is 1. The molecule has 8 nitrogen and oxygen atoms in total. The monoisotopic (exact) mass is 471 g/mol. The second kappa shape index (κ2) is 10.2. The van der Waals surface area contributed by atoms with Crippen molar-refractivity contribution in [3.05, 3.63) is 73.1 Å². The van der Waals surface area contributed by atoms with Gasteiger partial charge in [-0.1, -0.05) is 23.9 Å². The summed E-state index contributed by atoms with van der Waals surface area (Å²) in [4.78, 5) is 12.5. The zero-order chi connectivity index (χ0) is 23.2. The average Bonchev–Trinajstić information content (AvgIpc) is 3.48. The zero-order valence-electron chi connectivity index (χ0n) is 17.4. The first kappa shape index (κ1) is 22.3. The second-order valence-electron chi connectivity index (χ2n) is 6.62. The van der Waals surface area contributed by atoms with Gasteiger partial charge in [0, 0.05) is 18.1 Å². The number of carbonyl (C=O) groups excluding carboxylic acids is 1. The molecule has 0 aliphatic carbocycles. The summed E-state index contributed by atoms with van der Waals surface area (Å²) in [5.41, 5.74) is 1.22. The van der Waals surface area contributed by atoms with E-state index in [2.05, 4.69) is 20.3 Å². The Morgan fingerprint density at radius 2 is 1.79 bits per heavy atom. The highest BCUT2D eigenvalue weighted by Gasteiger charge is 2.19. The number of carbonyl (C=O) groups is 1. The summed E-state index contributed by atoms with van der Waals surface area (Å²) >= 11 is 1.20. The quantitative estimate of drug-likeness (QED) is 0.365. The predicted octanol–water partition coefficient (Wildman–Crippen LogP) is 4.40. The van der Waals surface area contributed by atoms with E-state index in [4.69, 9.17) is 4.74 Å². The van der Waals surface area contributed by atoms with Crippen molar-refractivity contribution < 1.29 is 23.0 Å². The van der Waals surface area contributed by atoms with Gasteiger partial charge in [0.2, 0.25) is 11.1 Å². The lowest BCUT2D eigenvalue weighted by atomic mass is 10.2. The Hall–Kier alpha value is -3.86. The van der Waals surface area contributed by atoms with Crippen LogP contribution in [-0.4, -0.2) is 44.9 Å². The maximum absolute atomic E-state index is 12.5. The van der Waals surface area contributed by atoms with Gasteiger partial charge in [0.25, 0.3) is 0 Å². The number of anilines is 1. The van der Waals surface area contributed by atoms with Crippen LogP contribution in [0.5, 0.6) is 11.5 Å².